The minimum absolute atomic E-state index is 0.339. The topological polar surface area (TPSA) is 78.8 Å². The van der Waals surface area contributed by atoms with Gasteiger partial charge in [-0.25, -0.2) is 0 Å². The van der Waals surface area contributed by atoms with Gasteiger partial charge >= 0.3 is 0 Å². The van der Waals surface area contributed by atoms with E-state index in [9.17, 15) is 5.21 Å². The Balaban J connectivity index is 2.70. The Morgan fingerprint density at radius 1 is 1.31 bits per heavy atom. The van der Waals surface area contributed by atoms with Crippen LogP contribution < -0.4 is 4.90 Å². The first kappa shape index (κ1) is 6.72. The van der Waals surface area contributed by atoms with E-state index in [1.807, 2.05) is 0 Å². The Kier molecular flexibility index (Phi) is 1.10. The van der Waals surface area contributed by atoms with Crippen LogP contribution >= 0.6 is 11.7 Å². The molecule has 13 heavy (non-hydrogen) atoms. The third-order valence-electron chi connectivity index (χ3n) is 1.78. The normalized spacial score (nSPS) is 11.4. The van der Waals surface area contributed by atoms with Gasteiger partial charge in [-0.3, -0.25) is 4.63 Å². The Bertz CT molecular complexity index is 586. The highest BCUT2D eigenvalue weighted by Crippen LogP contribution is 2.18. The Labute approximate surface area is 75.3 Å². The van der Waals surface area contributed by atoms with Gasteiger partial charge in [-0.15, -0.1) is 0 Å². The zero-order valence-corrected chi connectivity index (χ0v) is 6.98. The molecule has 0 saturated carbocycles. The summed E-state index contributed by atoms with van der Waals surface area (Å²) in [7, 11) is 0. The molecule has 64 valence electrons. The van der Waals surface area contributed by atoms with Crippen molar-refractivity contribution in [1.82, 2.24) is 13.9 Å². The molecule has 0 bridgehead atoms. The number of fused-ring (bicyclic) bond motifs is 3. The van der Waals surface area contributed by atoms with Gasteiger partial charge in [0.2, 0.25) is 0 Å². The predicted molar refractivity (Wildman–Crippen MR) is 43.9 cm³/mol. The maximum absolute atomic E-state index is 11.1. The van der Waals surface area contributed by atoms with Crippen LogP contribution in [0.5, 0.6) is 0 Å². The van der Waals surface area contributed by atoms with Gasteiger partial charge in [0.25, 0.3) is 11.0 Å². The molecule has 0 atom stereocenters. The van der Waals surface area contributed by atoms with Crippen LogP contribution in [0.2, 0.25) is 0 Å². The van der Waals surface area contributed by atoms with Crippen molar-refractivity contribution in [3.05, 3.63) is 17.3 Å². The van der Waals surface area contributed by atoms with Gasteiger partial charge in [-0.1, -0.05) is 0 Å². The monoisotopic (exact) mass is 194 g/mol. The van der Waals surface area contributed by atoms with Gasteiger partial charge in [-0.2, -0.15) is 8.75 Å². The van der Waals surface area contributed by atoms with E-state index in [4.69, 9.17) is 0 Å². The second kappa shape index (κ2) is 2.13. The standard InChI is InChI=1S/C6H2N4O2S/c11-10-6-4(7-12-10)2-1-3-5(6)9-13-8-3/h1-2H. The van der Waals surface area contributed by atoms with Crippen molar-refractivity contribution in [3.8, 4) is 0 Å². The minimum Gasteiger partial charge on any atom is -0.359 e. The first-order chi connectivity index (χ1) is 6.36. The summed E-state index contributed by atoms with van der Waals surface area (Å²) < 4.78 is 12.4. The lowest BCUT2D eigenvalue weighted by molar-refractivity contribution is -0.781. The first-order valence-electron chi connectivity index (χ1n) is 3.47. The molecule has 0 aliphatic rings. The molecule has 0 saturated heterocycles. The SMILES string of the molecule is [O-][n+]1onc2ccc3nsnc3c21. The molecule has 0 aliphatic carbocycles. The Morgan fingerprint density at radius 2 is 2.15 bits per heavy atom. The fourth-order valence-electron chi connectivity index (χ4n) is 1.20. The molecule has 6 nitrogen and oxygen atoms in total. The summed E-state index contributed by atoms with van der Waals surface area (Å²) in [5, 5.41) is 14.7. The van der Waals surface area contributed by atoms with Crippen LogP contribution in [0, 0.1) is 5.21 Å². The predicted octanol–water partition coefficient (Wildman–Crippen LogP) is 0.466. The number of aromatic nitrogens is 4. The summed E-state index contributed by atoms with van der Waals surface area (Å²) in [6.07, 6.45) is 0. The quantitative estimate of drug-likeness (QED) is 0.486. The molecule has 0 spiro atoms. The summed E-state index contributed by atoms with van der Waals surface area (Å²) in [6.45, 7) is 0. The average Bonchev–Trinajstić information content (AvgIpc) is 2.70. The zero-order valence-electron chi connectivity index (χ0n) is 6.17. The smallest absolute Gasteiger partial charge is 0.254 e. The lowest BCUT2D eigenvalue weighted by Gasteiger charge is -1.85. The number of hydrogen-bond donors (Lipinski definition) is 0. The fraction of sp³-hybridized carbons (Fsp3) is 0. The fourth-order valence-corrected chi connectivity index (χ4v) is 1.74. The van der Waals surface area contributed by atoms with E-state index in [-0.39, 0.29) is 0 Å². The molecule has 0 aliphatic heterocycles. The summed E-state index contributed by atoms with van der Waals surface area (Å²) >= 11 is 1.06. The number of nitrogens with zero attached hydrogens (tertiary/aromatic N) is 4. The molecule has 0 N–H and O–H groups in total. The van der Waals surface area contributed by atoms with Gasteiger partial charge in [-0.05, 0) is 17.0 Å². The molecule has 0 amide bonds. The molecular weight excluding hydrogens is 192 g/mol. The van der Waals surface area contributed by atoms with Crippen molar-refractivity contribution in [1.29, 1.82) is 0 Å². The number of hydrogen-bond acceptors (Lipinski definition) is 6. The van der Waals surface area contributed by atoms with Gasteiger partial charge in [0.05, 0.1) is 11.7 Å². The second-order valence-electron chi connectivity index (χ2n) is 2.50. The molecule has 7 heteroatoms. The van der Waals surface area contributed by atoms with Crippen molar-refractivity contribution in [3.63, 3.8) is 0 Å². The van der Waals surface area contributed by atoms with E-state index >= 15 is 0 Å². The van der Waals surface area contributed by atoms with E-state index in [0.717, 1.165) is 11.7 Å². The molecular formula is C6H2N4O2S. The lowest BCUT2D eigenvalue weighted by atomic mass is 10.3. The lowest BCUT2D eigenvalue weighted by Crippen LogP contribution is -2.22. The Hall–Kier alpha value is -1.76. The molecule has 3 aromatic rings. The van der Waals surface area contributed by atoms with Crippen LogP contribution in [0.4, 0.5) is 0 Å². The van der Waals surface area contributed by atoms with E-state index in [0.29, 0.717) is 27.0 Å². The van der Waals surface area contributed by atoms with Crippen molar-refractivity contribution >= 4 is 33.8 Å². The average molecular weight is 194 g/mol. The number of rotatable bonds is 0. The van der Waals surface area contributed by atoms with Gasteiger partial charge in [0, 0.05) is 5.16 Å². The van der Waals surface area contributed by atoms with Crippen LogP contribution in [0.1, 0.15) is 0 Å². The maximum Gasteiger partial charge on any atom is 0.254 e. The molecule has 0 fully saturated rings. The molecule has 0 radical (unpaired) electrons. The van der Waals surface area contributed by atoms with Crippen LogP contribution in [-0.2, 0) is 0 Å². The zero-order chi connectivity index (χ0) is 8.84. The molecule has 2 aromatic heterocycles. The minimum atomic E-state index is 0.339. The second-order valence-corrected chi connectivity index (χ2v) is 3.02. The Morgan fingerprint density at radius 3 is 3.08 bits per heavy atom. The third-order valence-corrected chi connectivity index (χ3v) is 2.32. The first-order valence-corrected chi connectivity index (χ1v) is 4.20. The summed E-state index contributed by atoms with van der Waals surface area (Å²) in [4.78, 5) is 0.346. The van der Waals surface area contributed by atoms with Crippen molar-refractivity contribution in [2.24, 2.45) is 0 Å². The van der Waals surface area contributed by atoms with Gasteiger partial charge < -0.3 is 5.21 Å². The summed E-state index contributed by atoms with van der Waals surface area (Å²) in [6, 6.07) is 3.43. The van der Waals surface area contributed by atoms with E-state index in [2.05, 4.69) is 18.5 Å². The molecule has 1 aromatic carbocycles. The van der Waals surface area contributed by atoms with E-state index in [1.54, 1.807) is 12.1 Å². The van der Waals surface area contributed by atoms with Crippen molar-refractivity contribution in [2.45, 2.75) is 0 Å². The largest absolute Gasteiger partial charge is 0.359 e. The van der Waals surface area contributed by atoms with Gasteiger partial charge in [0.15, 0.2) is 5.52 Å². The van der Waals surface area contributed by atoms with E-state index < -0.39 is 0 Å². The highest BCUT2D eigenvalue weighted by Gasteiger charge is 2.15. The van der Waals surface area contributed by atoms with Crippen LogP contribution in [0.15, 0.2) is 16.8 Å². The highest BCUT2D eigenvalue weighted by atomic mass is 32.1. The summed E-state index contributed by atoms with van der Waals surface area (Å²) in [5.74, 6) is 0. The molecule has 3 rings (SSSR count). The summed E-state index contributed by atoms with van der Waals surface area (Å²) in [5.41, 5.74) is 2.06. The third kappa shape index (κ3) is 0.760. The van der Waals surface area contributed by atoms with E-state index in [1.165, 1.54) is 0 Å². The van der Waals surface area contributed by atoms with Crippen molar-refractivity contribution < 1.29 is 9.53 Å². The van der Waals surface area contributed by atoms with Crippen LogP contribution in [0.25, 0.3) is 22.1 Å². The van der Waals surface area contributed by atoms with Crippen LogP contribution in [0.3, 0.4) is 0 Å². The highest BCUT2D eigenvalue weighted by molar-refractivity contribution is 7.00. The molecule has 2 heterocycles. The van der Waals surface area contributed by atoms with Crippen molar-refractivity contribution in [2.75, 3.05) is 0 Å². The molecule has 0 unspecified atom stereocenters. The maximum atomic E-state index is 11.1. The van der Waals surface area contributed by atoms with Gasteiger partial charge in [0.1, 0.15) is 5.52 Å². The number of benzene rings is 1. The van der Waals surface area contributed by atoms with Crippen LogP contribution in [-0.4, -0.2) is 13.9 Å².